The summed E-state index contributed by atoms with van der Waals surface area (Å²) in [5, 5.41) is 2.09. The lowest BCUT2D eigenvalue weighted by atomic mass is 10.3. The minimum atomic E-state index is -1.38. The van der Waals surface area contributed by atoms with Crippen LogP contribution in [0.5, 0.6) is 0 Å². The van der Waals surface area contributed by atoms with E-state index in [1.807, 2.05) is 0 Å². The fourth-order valence-corrected chi connectivity index (χ4v) is 0.653. The molecule has 0 heterocycles. The third kappa shape index (κ3) is 3.55. The van der Waals surface area contributed by atoms with E-state index in [0.29, 0.717) is 0 Å². The number of esters is 2. The first-order chi connectivity index (χ1) is 6.02. The highest BCUT2D eigenvalue weighted by Crippen LogP contribution is 1.91. The smallest absolute Gasteiger partial charge is 0.340 e. The summed E-state index contributed by atoms with van der Waals surface area (Å²) in [5.74, 6) is -2.23. The van der Waals surface area contributed by atoms with E-state index < -0.39 is 23.9 Å². The molecule has 0 bridgehead atoms. The Morgan fingerprint density at radius 2 is 1.46 bits per heavy atom. The molecule has 0 spiro atoms. The molecule has 6 nitrogen and oxygen atoms in total. The predicted octanol–water partition coefficient (Wildman–Crippen LogP) is -1.16. The summed E-state index contributed by atoms with van der Waals surface area (Å²) in [7, 11) is 2.22. The molecule has 0 aromatic carbocycles. The Morgan fingerprint density at radius 3 is 1.69 bits per heavy atom. The van der Waals surface area contributed by atoms with Gasteiger partial charge in [0.2, 0.25) is 11.9 Å². The zero-order chi connectivity index (χ0) is 10.4. The van der Waals surface area contributed by atoms with Crippen LogP contribution in [0.2, 0.25) is 0 Å². The topological polar surface area (TPSA) is 81.7 Å². The molecule has 0 saturated carbocycles. The molecule has 13 heavy (non-hydrogen) atoms. The van der Waals surface area contributed by atoms with E-state index in [9.17, 15) is 14.4 Å². The predicted molar refractivity (Wildman–Crippen MR) is 41.6 cm³/mol. The van der Waals surface area contributed by atoms with Gasteiger partial charge in [-0.25, -0.2) is 9.59 Å². The lowest BCUT2D eigenvalue weighted by Gasteiger charge is -2.12. The average Bonchev–Trinajstić information content (AvgIpc) is 2.11. The molecular weight excluding hydrogens is 178 g/mol. The average molecular weight is 189 g/mol. The molecule has 0 radical (unpaired) electrons. The molecule has 0 atom stereocenters. The monoisotopic (exact) mass is 189 g/mol. The summed E-state index contributed by atoms with van der Waals surface area (Å²) in [6.45, 7) is 1.18. The first-order valence-electron chi connectivity index (χ1n) is 3.45. The second-order valence-corrected chi connectivity index (χ2v) is 2.18. The Bertz CT molecular complexity index is 209. The maximum Gasteiger partial charge on any atom is 0.340 e. The Labute approximate surface area is 75.2 Å². The largest absolute Gasteiger partial charge is 0.467 e. The van der Waals surface area contributed by atoms with Crippen LogP contribution in [-0.4, -0.2) is 38.1 Å². The van der Waals surface area contributed by atoms with Gasteiger partial charge in [-0.3, -0.25) is 4.79 Å². The van der Waals surface area contributed by atoms with Crippen LogP contribution < -0.4 is 5.32 Å². The minimum Gasteiger partial charge on any atom is -0.467 e. The summed E-state index contributed by atoms with van der Waals surface area (Å²) in [6.07, 6.45) is 0. The summed E-state index contributed by atoms with van der Waals surface area (Å²) >= 11 is 0. The first kappa shape index (κ1) is 11.4. The fraction of sp³-hybridized carbons (Fsp3) is 0.571. The van der Waals surface area contributed by atoms with Gasteiger partial charge in [0, 0.05) is 6.92 Å². The lowest BCUT2D eigenvalue weighted by Crippen LogP contribution is -2.46. The van der Waals surface area contributed by atoms with E-state index in [0.717, 1.165) is 14.2 Å². The van der Waals surface area contributed by atoms with Crippen molar-refractivity contribution < 1.29 is 23.9 Å². The Hall–Kier alpha value is -1.59. The van der Waals surface area contributed by atoms with Crippen LogP contribution in [0.4, 0.5) is 0 Å². The van der Waals surface area contributed by atoms with E-state index in [1.54, 1.807) is 0 Å². The molecule has 0 aliphatic rings. The highest BCUT2D eigenvalue weighted by Gasteiger charge is 2.29. The Morgan fingerprint density at radius 1 is 1.08 bits per heavy atom. The SMILES string of the molecule is COC(=O)C(NC(C)=O)C(=O)OC. The molecule has 1 amide bonds. The van der Waals surface area contributed by atoms with Crippen LogP contribution in [0.3, 0.4) is 0 Å². The molecule has 0 aliphatic heterocycles. The van der Waals surface area contributed by atoms with Crippen LogP contribution in [-0.2, 0) is 23.9 Å². The number of nitrogens with one attached hydrogen (secondary N) is 1. The van der Waals surface area contributed by atoms with Gasteiger partial charge in [0.15, 0.2) is 0 Å². The number of rotatable bonds is 3. The highest BCUT2D eigenvalue weighted by atomic mass is 16.5. The van der Waals surface area contributed by atoms with Gasteiger partial charge in [-0.05, 0) is 0 Å². The van der Waals surface area contributed by atoms with Gasteiger partial charge in [0.05, 0.1) is 14.2 Å². The Kier molecular flexibility index (Phi) is 4.50. The van der Waals surface area contributed by atoms with Crippen molar-refractivity contribution in [2.75, 3.05) is 14.2 Å². The van der Waals surface area contributed by atoms with Gasteiger partial charge in [-0.15, -0.1) is 0 Å². The standard InChI is InChI=1S/C7H11NO5/c1-4(9)8-5(6(10)12-2)7(11)13-3/h5H,1-3H3,(H,8,9). The maximum atomic E-state index is 10.9. The molecule has 0 aromatic rings. The van der Waals surface area contributed by atoms with Crippen molar-refractivity contribution in [2.24, 2.45) is 0 Å². The summed E-state index contributed by atoms with van der Waals surface area (Å²) in [6, 6.07) is -1.38. The van der Waals surface area contributed by atoms with Gasteiger partial charge < -0.3 is 14.8 Å². The fourth-order valence-electron chi connectivity index (χ4n) is 0.653. The highest BCUT2D eigenvalue weighted by molar-refractivity contribution is 6.02. The van der Waals surface area contributed by atoms with E-state index in [4.69, 9.17) is 0 Å². The quantitative estimate of drug-likeness (QED) is 0.447. The van der Waals surface area contributed by atoms with Crippen molar-refractivity contribution >= 4 is 17.8 Å². The van der Waals surface area contributed by atoms with Crippen LogP contribution in [0.1, 0.15) is 6.92 Å². The molecular formula is C7H11NO5. The first-order valence-corrected chi connectivity index (χ1v) is 3.45. The van der Waals surface area contributed by atoms with Crippen LogP contribution in [0.25, 0.3) is 0 Å². The van der Waals surface area contributed by atoms with Crippen LogP contribution in [0, 0.1) is 0 Å². The van der Waals surface area contributed by atoms with Gasteiger partial charge in [-0.2, -0.15) is 0 Å². The number of carbonyl (C=O) groups excluding carboxylic acids is 3. The van der Waals surface area contributed by atoms with E-state index in [2.05, 4.69) is 14.8 Å². The van der Waals surface area contributed by atoms with E-state index in [1.165, 1.54) is 6.92 Å². The molecule has 1 N–H and O–H groups in total. The van der Waals surface area contributed by atoms with Crippen molar-refractivity contribution in [3.05, 3.63) is 0 Å². The van der Waals surface area contributed by atoms with Crippen molar-refractivity contribution in [1.29, 1.82) is 0 Å². The number of ether oxygens (including phenoxy) is 2. The lowest BCUT2D eigenvalue weighted by molar-refractivity contribution is -0.156. The molecule has 0 unspecified atom stereocenters. The molecule has 0 rings (SSSR count). The van der Waals surface area contributed by atoms with Crippen molar-refractivity contribution in [1.82, 2.24) is 5.32 Å². The van der Waals surface area contributed by atoms with Crippen molar-refractivity contribution in [3.63, 3.8) is 0 Å². The number of carbonyl (C=O) groups is 3. The van der Waals surface area contributed by atoms with E-state index in [-0.39, 0.29) is 0 Å². The minimum absolute atomic E-state index is 0.513. The normalized spacial score (nSPS) is 9.23. The summed E-state index contributed by atoms with van der Waals surface area (Å²) in [4.78, 5) is 32.4. The van der Waals surface area contributed by atoms with Gasteiger partial charge in [-0.1, -0.05) is 0 Å². The number of methoxy groups -OCH3 is 2. The van der Waals surface area contributed by atoms with Gasteiger partial charge >= 0.3 is 11.9 Å². The second kappa shape index (κ2) is 5.13. The van der Waals surface area contributed by atoms with Crippen LogP contribution >= 0.6 is 0 Å². The molecule has 0 aliphatic carbocycles. The molecule has 6 heteroatoms. The van der Waals surface area contributed by atoms with Gasteiger partial charge in [0.1, 0.15) is 0 Å². The van der Waals surface area contributed by atoms with Crippen LogP contribution in [0.15, 0.2) is 0 Å². The third-order valence-corrected chi connectivity index (χ3v) is 1.22. The number of hydrogen-bond donors (Lipinski definition) is 1. The zero-order valence-corrected chi connectivity index (χ0v) is 7.62. The zero-order valence-electron chi connectivity index (χ0n) is 7.62. The summed E-state index contributed by atoms with van der Waals surface area (Å²) < 4.78 is 8.56. The second-order valence-electron chi connectivity index (χ2n) is 2.18. The van der Waals surface area contributed by atoms with Gasteiger partial charge in [0.25, 0.3) is 0 Å². The molecule has 74 valence electrons. The molecule has 0 aromatic heterocycles. The third-order valence-electron chi connectivity index (χ3n) is 1.22. The van der Waals surface area contributed by atoms with Crippen molar-refractivity contribution in [2.45, 2.75) is 13.0 Å². The Balaban J connectivity index is 4.45. The molecule has 0 saturated heterocycles. The maximum absolute atomic E-state index is 10.9. The number of amides is 1. The summed E-state index contributed by atoms with van der Waals surface area (Å²) in [5.41, 5.74) is 0. The van der Waals surface area contributed by atoms with E-state index >= 15 is 0 Å². The number of hydrogen-bond acceptors (Lipinski definition) is 5. The molecule has 0 fully saturated rings. The van der Waals surface area contributed by atoms with Crippen molar-refractivity contribution in [3.8, 4) is 0 Å².